The lowest BCUT2D eigenvalue weighted by atomic mass is 9.97. The summed E-state index contributed by atoms with van der Waals surface area (Å²) in [4.78, 5) is 27.5. The van der Waals surface area contributed by atoms with Crippen LogP contribution in [-0.2, 0) is 9.53 Å². The van der Waals surface area contributed by atoms with Crippen molar-refractivity contribution in [2.45, 2.75) is 30.8 Å². The topological polar surface area (TPSA) is 73.9 Å². The van der Waals surface area contributed by atoms with E-state index in [1.807, 2.05) is 0 Å². The van der Waals surface area contributed by atoms with Crippen LogP contribution in [0.3, 0.4) is 0 Å². The molecule has 3 heterocycles. The van der Waals surface area contributed by atoms with Crippen LogP contribution >= 0.6 is 23.2 Å². The lowest BCUT2D eigenvalue weighted by molar-refractivity contribution is -0.158. The number of carbonyl (C=O) groups excluding carboxylic acids is 2. The Labute approximate surface area is 193 Å². The lowest BCUT2D eigenvalue weighted by Gasteiger charge is -2.46. The van der Waals surface area contributed by atoms with Crippen molar-refractivity contribution >= 4 is 35.1 Å². The number of alkyl halides is 3. The van der Waals surface area contributed by atoms with Gasteiger partial charge in [0.2, 0.25) is 5.91 Å². The Kier molecular flexibility index (Phi) is 6.76. The standard InChI is InChI=1S/C20H23Cl2F3N4O3/c21-12-1-2-13(14(22)5-12)18(20(23,24)25)26-6-11-7-29(8-11)19(31)28-4-3-16-15(9-28)27-17(30)10-32-16/h1-2,5,11,15-16,18,26H,3-4,6-10H2,(H,27,30)/t15-,16+,18?/m1/s1. The summed E-state index contributed by atoms with van der Waals surface area (Å²) in [5.74, 6) is -0.305. The Balaban J connectivity index is 1.28. The molecule has 0 saturated carbocycles. The highest BCUT2D eigenvalue weighted by atomic mass is 35.5. The molecule has 3 atom stereocenters. The molecule has 12 heteroatoms. The number of likely N-dealkylation sites (tertiary alicyclic amines) is 2. The second-order valence-electron chi connectivity index (χ2n) is 8.36. The van der Waals surface area contributed by atoms with Crippen LogP contribution in [0, 0.1) is 5.92 Å². The van der Waals surface area contributed by atoms with Crippen LogP contribution in [0.15, 0.2) is 18.2 Å². The zero-order valence-electron chi connectivity index (χ0n) is 17.0. The van der Waals surface area contributed by atoms with Crippen LogP contribution in [0.25, 0.3) is 0 Å². The van der Waals surface area contributed by atoms with Crippen molar-refractivity contribution in [3.63, 3.8) is 0 Å². The third-order valence-electron chi connectivity index (χ3n) is 6.03. The minimum atomic E-state index is -4.53. The van der Waals surface area contributed by atoms with Gasteiger partial charge in [-0.05, 0) is 24.1 Å². The predicted molar refractivity (Wildman–Crippen MR) is 112 cm³/mol. The third-order valence-corrected chi connectivity index (χ3v) is 6.60. The van der Waals surface area contributed by atoms with Gasteiger partial charge in [0.1, 0.15) is 12.6 Å². The van der Waals surface area contributed by atoms with Crippen LogP contribution < -0.4 is 10.6 Å². The van der Waals surface area contributed by atoms with E-state index in [4.69, 9.17) is 27.9 Å². The Bertz CT molecular complexity index is 882. The first-order chi connectivity index (χ1) is 15.1. The fraction of sp³-hybridized carbons (Fsp3) is 0.600. The molecule has 4 rings (SSSR count). The van der Waals surface area contributed by atoms with Crippen molar-refractivity contribution in [2.75, 3.05) is 39.3 Å². The Morgan fingerprint density at radius 2 is 2.00 bits per heavy atom. The molecule has 1 unspecified atom stereocenters. The number of nitrogens with one attached hydrogen (secondary N) is 2. The van der Waals surface area contributed by atoms with E-state index >= 15 is 0 Å². The van der Waals surface area contributed by atoms with Gasteiger partial charge in [0.05, 0.1) is 12.1 Å². The number of piperidine rings is 1. The van der Waals surface area contributed by atoms with Crippen molar-refractivity contribution in [2.24, 2.45) is 5.92 Å². The maximum atomic E-state index is 13.6. The van der Waals surface area contributed by atoms with Crippen LogP contribution in [0.5, 0.6) is 0 Å². The molecular weight excluding hydrogens is 472 g/mol. The molecule has 3 aliphatic heterocycles. The van der Waals surface area contributed by atoms with E-state index in [0.717, 1.165) is 0 Å². The SMILES string of the molecule is O=C1CO[C@H]2CCN(C(=O)N3CC(CNC(c4ccc(Cl)cc4Cl)C(F)(F)F)C3)C[C@H]2N1. The first-order valence-electron chi connectivity index (χ1n) is 10.3. The van der Waals surface area contributed by atoms with Crippen LogP contribution in [0.4, 0.5) is 18.0 Å². The number of urea groups is 1. The number of hydrogen-bond donors (Lipinski definition) is 2. The number of rotatable bonds is 4. The molecule has 7 nitrogen and oxygen atoms in total. The molecule has 0 radical (unpaired) electrons. The summed E-state index contributed by atoms with van der Waals surface area (Å²) in [7, 11) is 0. The van der Waals surface area contributed by atoms with E-state index in [2.05, 4.69) is 10.6 Å². The predicted octanol–water partition coefficient (Wildman–Crippen LogP) is 2.83. The van der Waals surface area contributed by atoms with E-state index in [0.29, 0.717) is 32.6 Å². The first-order valence-corrected chi connectivity index (χ1v) is 11.1. The van der Waals surface area contributed by atoms with Gasteiger partial charge in [-0.1, -0.05) is 29.3 Å². The van der Waals surface area contributed by atoms with Gasteiger partial charge in [0, 0.05) is 48.7 Å². The zero-order valence-corrected chi connectivity index (χ0v) is 18.5. The zero-order chi connectivity index (χ0) is 23.0. The number of hydrogen-bond acceptors (Lipinski definition) is 4. The molecule has 3 fully saturated rings. The number of benzene rings is 1. The molecule has 2 N–H and O–H groups in total. The highest BCUT2D eigenvalue weighted by molar-refractivity contribution is 6.35. The van der Waals surface area contributed by atoms with E-state index < -0.39 is 12.2 Å². The number of nitrogens with zero attached hydrogens (tertiary/aromatic N) is 2. The van der Waals surface area contributed by atoms with Gasteiger partial charge in [-0.25, -0.2) is 4.79 Å². The molecule has 176 valence electrons. The highest BCUT2D eigenvalue weighted by Gasteiger charge is 2.44. The summed E-state index contributed by atoms with van der Waals surface area (Å²) in [6, 6.07) is 1.59. The molecule has 0 aliphatic carbocycles. The van der Waals surface area contributed by atoms with Gasteiger partial charge in [-0.2, -0.15) is 13.2 Å². The molecule has 0 aromatic heterocycles. The number of amides is 3. The number of morpholine rings is 1. The van der Waals surface area contributed by atoms with Gasteiger partial charge < -0.3 is 25.2 Å². The average Bonchev–Trinajstić information content (AvgIpc) is 2.68. The second kappa shape index (κ2) is 9.24. The Morgan fingerprint density at radius 3 is 2.69 bits per heavy atom. The van der Waals surface area contributed by atoms with Crippen molar-refractivity contribution in [1.82, 2.24) is 20.4 Å². The van der Waals surface area contributed by atoms with E-state index in [9.17, 15) is 22.8 Å². The molecule has 3 amide bonds. The fourth-order valence-corrected chi connectivity index (χ4v) is 4.87. The molecule has 3 aliphatic rings. The van der Waals surface area contributed by atoms with Crippen molar-refractivity contribution in [3.8, 4) is 0 Å². The van der Waals surface area contributed by atoms with E-state index in [1.54, 1.807) is 9.80 Å². The summed E-state index contributed by atoms with van der Waals surface area (Å²) >= 11 is 11.8. The maximum absolute atomic E-state index is 13.6. The Morgan fingerprint density at radius 1 is 1.25 bits per heavy atom. The van der Waals surface area contributed by atoms with E-state index in [1.165, 1.54) is 18.2 Å². The molecule has 0 bridgehead atoms. The van der Waals surface area contributed by atoms with Gasteiger partial charge in [-0.3, -0.25) is 4.79 Å². The minimum Gasteiger partial charge on any atom is -0.366 e. The second-order valence-corrected chi connectivity index (χ2v) is 9.20. The fourth-order valence-electron chi connectivity index (χ4n) is 4.35. The largest absolute Gasteiger partial charge is 0.407 e. The normalized spacial score (nSPS) is 25.1. The summed E-state index contributed by atoms with van der Waals surface area (Å²) in [6.45, 7) is 1.72. The van der Waals surface area contributed by atoms with Crippen LogP contribution in [0.2, 0.25) is 10.0 Å². The number of ether oxygens (including phenoxy) is 1. The molecule has 32 heavy (non-hydrogen) atoms. The lowest BCUT2D eigenvalue weighted by Crippen LogP contribution is -2.64. The molecule has 0 spiro atoms. The summed E-state index contributed by atoms with van der Waals surface area (Å²) in [5.41, 5.74) is -0.0876. The third kappa shape index (κ3) is 5.08. The van der Waals surface area contributed by atoms with Gasteiger partial charge in [0.25, 0.3) is 0 Å². The molecule has 1 aromatic rings. The number of fused-ring (bicyclic) bond motifs is 1. The van der Waals surface area contributed by atoms with Crippen LogP contribution in [0.1, 0.15) is 18.0 Å². The Hall–Kier alpha value is -1.75. The molecule has 1 aromatic carbocycles. The highest BCUT2D eigenvalue weighted by Crippen LogP contribution is 2.37. The monoisotopic (exact) mass is 494 g/mol. The molecule has 3 saturated heterocycles. The minimum absolute atomic E-state index is 0.0378. The van der Waals surface area contributed by atoms with E-state index in [-0.39, 0.29) is 58.8 Å². The van der Waals surface area contributed by atoms with Crippen molar-refractivity contribution in [1.29, 1.82) is 0 Å². The number of halogens is 5. The van der Waals surface area contributed by atoms with Gasteiger partial charge in [0.15, 0.2) is 0 Å². The average molecular weight is 495 g/mol. The van der Waals surface area contributed by atoms with Crippen molar-refractivity contribution < 1.29 is 27.5 Å². The van der Waals surface area contributed by atoms with Gasteiger partial charge >= 0.3 is 12.2 Å². The first kappa shape index (κ1) is 23.4. The maximum Gasteiger partial charge on any atom is 0.407 e. The smallest absolute Gasteiger partial charge is 0.366 e. The molecular formula is C20H23Cl2F3N4O3. The number of carbonyl (C=O) groups is 2. The quantitative estimate of drug-likeness (QED) is 0.674. The van der Waals surface area contributed by atoms with Gasteiger partial charge in [-0.15, -0.1) is 0 Å². The van der Waals surface area contributed by atoms with Crippen molar-refractivity contribution in [3.05, 3.63) is 33.8 Å². The summed E-state index contributed by atoms with van der Waals surface area (Å²) < 4.78 is 46.3. The van der Waals surface area contributed by atoms with Crippen LogP contribution in [-0.4, -0.2) is 79.4 Å². The summed E-state index contributed by atoms with van der Waals surface area (Å²) in [6.07, 6.45) is -4.00. The summed E-state index contributed by atoms with van der Waals surface area (Å²) in [5, 5.41) is 5.60.